The molecule has 2 N–H and O–H groups in total. The number of piperidine rings is 1. The lowest BCUT2D eigenvalue weighted by atomic mass is 10.1. The first-order chi connectivity index (χ1) is 8.79. The molecule has 0 aliphatic carbocycles. The van der Waals surface area contributed by atoms with E-state index < -0.39 is 0 Å². The highest BCUT2D eigenvalue weighted by Crippen LogP contribution is 2.20. The summed E-state index contributed by atoms with van der Waals surface area (Å²) in [5.74, 6) is 0. The van der Waals surface area contributed by atoms with E-state index in [0.717, 1.165) is 39.0 Å². The Morgan fingerprint density at radius 2 is 2.11 bits per heavy atom. The standard InChI is InChI=1S/C15H24N2O/c1-2-9-16-11-13-5-7-14(8-6-13)17-10-3-4-15(18)12-17/h5-8,15-16,18H,2-4,9-12H2,1H3. The fourth-order valence-corrected chi connectivity index (χ4v) is 2.42. The average molecular weight is 248 g/mol. The summed E-state index contributed by atoms with van der Waals surface area (Å²) in [7, 11) is 0. The fourth-order valence-electron chi connectivity index (χ4n) is 2.42. The lowest BCUT2D eigenvalue weighted by molar-refractivity contribution is 0.154. The number of aliphatic hydroxyl groups is 1. The van der Waals surface area contributed by atoms with Crippen molar-refractivity contribution in [1.29, 1.82) is 0 Å². The first-order valence-electron chi connectivity index (χ1n) is 7.02. The molecule has 2 rings (SSSR count). The van der Waals surface area contributed by atoms with Crippen molar-refractivity contribution in [3.63, 3.8) is 0 Å². The van der Waals surface area contributed by atoms with E-state index in [1.165, 1.54) is 17.7 Å². The number of anilines is 1. The van der Waals surface area contributed by atoms with Crippen LogP contribution in [0.5, 0.6) is 0 Å². The van der Waals surface area contributed by atoms with Crippen LogP contribution >= 0.6 is 0 Å². The molecular weight excluding hydrogens is 224 g/mol. The molecule has 1 heterocycles. The minimum absolute atomic E-state index is 0.162. The van der Waals surface area contributed by atoms with Gasteiger partial charge in [0, 0.05) is 25.3 Å². The van der Waals surface area contributed by atoms with Gasteiger partial charge in [-0.2, -0.15) is 0 Å². The Bertz CT molecular complexity index is 350. The second-order valence-electron chi connectivity index (χ2n) is 5.09. The van der Waals surface area contributed by atoms with Gasteiger partial charge >= 0.3 is 0 Å². The van der Waals surface area contributed by atoms with Crippen LogP contribution in [0.2, 0.25) is 0 Å². The zero-order valence-electron chi connectivity index (χ0n) is 11.2. The van der Waals surface area contributed by atoms with Crippen molar-refractivity contribution < 1.29 is 5.11 Å². The molecule has 1 unspecified atom stereocenters. The number of rotatable bonds is 5. The van der Waals surface area contributed by atoms with Crippen LogP contribution < -0.4 is 10.2 Å². The van der Waals surface area contributed by atoms with Crippen molar-refractivity contribution in [1.82, 2.24) is 5.32 Å². The van der Waals surface area contributed by atoms with E-state index >= 15 is 0 Å². The molecule has 0 bridgehead atoms. The lowest BCUT2D eigenvalue weighted by Crippen LogP contribution is -2.38. The van der Waals surface area contributed by atoms with Crippen LogP contribution in [-0.4, -0.2) is 30.8 Å². The first kappa shape index (κ1) is 13.4. The minimum Gasteiger partial charge on any atom is -0.391 e. The summed E-state index contributed by atoms with van der Waals surface area (Å²) in [6.45, 7) is 6.02. The van der Waals surface area contributed by atoms with Crippen LogP contribution in [0, 0.1) is 0 Å². The quantitative estimate of drug-likeness (QED) is 0.784. The number of β-amino-alcohol motifs (C(OH)–C–C–N with tert-alkyl or cyclic N) is 1. The van der Waals surface area contributed by atoms with E-state index in [4.69, 9.17) is 0 Å². The van der Waals surface area contributed by atoms with Gasteiger partial charge in [0.05, 0.1) is 6.10 Å². The van der Waals surface area contributed by atoms with E-state index in [-0.39, 0.29) is 6.10 Å². The van der Waals surface area contributed by atoms with Crippen molar-refractivity contribution in [3.8, 4) is 0 Å². The maximum Gasteiger partial charge on any atom is 0.0715 e. The van der Waals surface area contributed by atoms with Crippen molar-refractivity contribution in [3.05, 3.63) is 29.8 Å². The van der Waals surface area contributed by atoms with E-state index in [1.807, 2.05) is 0 Å². The summed E-state index contributed by atoms with van der Waals surface area (Å²) in [6, 6.07) is 8.69. The summed E-state index contributed by atoms with van der Waals surface area (Å²) in [4.78, 5) is 2.28. The van der Waals surface area contributed by atoms with Gasteiger partial charge in [-0.3, -0.25) is 0 Å². The number of hydrogen-bond acceptors (Lipinski definition) is 3. The molecule has 1 aliphatic rings. The molecule has 1 aromatic carbocycles. The normalized spacial score (nSPS) is 20.1. The number of hydrogen-bond donors (Lipinski definition) is 2. The van der Waals surface area contributed by atoms with Gasteiger partial charge in [0.1, 0.15) is 0 Å². The van der Waals surface area contributed by atoms with Gasteiger partial charge in [-0.25, -0.2) is 0 Å². The van der Waals surface area contributed by atoms with Gasteiger partial charge in [-0.05, 0) is 43.5 Å². The Morgan fingerprint density at radius 3 is 2.78 bits per heavy atom. The third kappa shape index (κ3) is 3.72. The molecule has 0 aromatic heterocycles. The highest BCUT2D eigenvalue weighted by molar-refractivity contribution is 5.48. The van der Waals surface area contributed by atoms with Crippen LogP contribution in [0.15, 0.2) is 24.3 Å². The van der Waals surface area contributed by atoms with Crippen molar-refractivity contribution >= 4 is 5.69 Å². The molecular formula is C15H24N2O. The summed E-state index contributed by atoms with van der Waals surface area (Å²) in [5.41, 5.74) is 2.55. The number of benzene rings is 1. The summed E-state index contributed by atoms with van der Waals surface area (Å²) in [5, 5.41) is 13.1. The monoisotopic (exact) mass is 248 g/mol. The van der Waals surface area contributed by atoms with Gasteiger partial charge in [0.15, 0.2) is 0 Å². The second-order valence-corrected chi connectivity index (χ2v) is 5.09. The van der Waals surface area contributed by atoms with Gasteiger partial charge in [0.25, 0.3) is 0 Å². The van der Waals surface area contributed by atoms with Gasteiger partial charge in [-0.15, -0.1) is 0 Å². The molecule has 1 aliphatic heterocycles. The van der Waals surface area contributed by atoms with E-state index in [0.29, 0.717) is 0 Å². The van der Waals surface area contributed by atoms with E-state index in [1.54, 1.807) is 0 Å². The van der Waals surface area contributed by atoms with Crippen LogP contribution in [0.1, 0.15) is 31.7 Å². The maximum atomic E-state index is 9.69. The average Bonchev–Trinajstić information content (AvgIpc) is 2.40. The molecule has 0 radical (unpaired) electrons. The molecule has 3 nitrogen and oxygen atoms in total. The third-order valence-electron chi connectivity index (χ3n) is 3.45. The van der Waals surface area contributed by atoms with Crippen molar-refractivity contribution in [2.75, 3.05) is 24.5 Å². The Kier molecular flexibility index (Phi) is 5.02. The molecule has 18 heavy (non-hydrogen) atoms. The number of nitrogens with one attached hydrogen (secondary N) is 1. The molecule has 0 amide bonds. The van der Waals surface area contributed by atoms with Gasteiger partial charge in [0.2, 0.25) is 0 Å². The Morgan fingerprint density at radius 1 is 1.33 bits per heavy atom. The smallest absolute Gasteiger partial charge is 0.0715 e. The highest BCUT2D eigenvalue weighted by atomic mass is 16.3. The Balaban J connectivity index is 1.90. The number of nitrogens with zero attached hydrogens (tertiary/aromatic N) is 1. The zero-order chi connectivity index (χ0) is 12.8. The van der Waals surface area contributed by atoms with Crippen molar-refractivity contribution in [2.45, 2.75) is 38.8 Å². The molecule has 1 saturated heterocycles. The molecule has 3 heteroatoms. The van der Waals surface area contributed by atoms with Crippen molar-refractivity contribution in [2.24, 2.45) is 0 Å². The zero-order valence-corrected chi connectivity index (χ0v) is 11.2. The van der Waals surface area contributed by atoms with Gasteiger partial charge in [-0.1, -0.05) is 19.1 Å². The second kappa shape index (κ2) is 6.76. The molecule has 1 fully saturated rings. The summed E-state index contributed by atoms with van der Waals surface area (Å²) in [6.07, 6.45) is 3.03. The van der Waals surface area contributed by atoms with Crippen LogP contribution in [0.4, 0.5) is 5.69 Å². The van der Waals surface area contributed by atoms with Gasteiger partial charge < -0.3 is 15.3 Å². The summed E-state index contributed by atoms with van der Waals surface area (Å²) < 4.78 is 0. The topological polar surface area (TPSA) is 35.5 Å². The highest BCUT2D eigenvalue weighted by Gasteiger charge is 2.17. The first-order valence-corrected chi connectivity index (χ1v) is 7.02. The predicted molar refractivity (Wildman–Crippen MR) is 75.9 cm³/mol. The molecule has 0 saturated carbocycles. The Labute approximate surface area is 110 Å². The summed E-state index contributed by atoms with van der Waals surface area (Å²) >= 11 is 0. The minimum atomic E-state index is -0.162. The van der Waals surface area contributed by atoms with E-state index in [2.05, 4.69) is 41.4 Å². The Hall–Kier alpha value is -1.06. The maximum absolute atomic E-state index is 9.69. The predicted octanol–water partition coefficient (Wildman–Crippen LogP) is 2.15. The third-order valence-corrected chi connectivity index (χ3v) is 3.45. The van der Waals surface area contributed by atoms with Crippen LogP contribution in [0.25, 0.3) is 0 Å². The van der Waals surface area contributed by atoms with Crippen LogP contribution in [-0.2, 0) is 6.54 Å². The number of aliphatic hydroxyl groups excluding tert-OH is 1. The largest absolute Gasteiger partial charge is 0.391 e. The molecule has 100 valence electrons. The fraction of sp³-hybridized carbons (Fsp3) is 0.600. The van der Waals surface area contributed by atoms with Crippen LogP contribution in [0.3, 0.4) is 0 Å². The molecule has 0 spiro atoms. The molecule has 1 aromatic rings. The van der Waals surface area contributed by atoms with E-state index in [9.17, 15) is 5.11 Å². The lowest BCUT2D eigenvalue weighted by Gasteiger charge is -2.32. The SMILES string of the molecule is CCCNCc1ccc(N2CCCC(O)C2)cc1. The molecule has 1 atom stereocenters.